The molecule has 6 nitrogen and oxygen atoms in total. The summed E-state index contributed by atoms with van der Waals surface area (Å²) in [5.74, 6) is -0.0737. The molecule has 7 heteroatoms. The summed E-state index contributed by atoms with van der Waals surface area (Å²) in [5.41, 5.74) is 5.89. The first kappa shape index (κ1) is 14.1. The summed E-state index contributed by atoms with van der Waals surface area (Å²) in [4.78, 5) is 11.0. The first-order valence-corrected chi connectivity index (χ1v) is 6.19. The van der Waals surface area contributed by atoms with Crippen LogP contribution in [-0.4, -0.2) is 27.2 Å². The third-order valence-electron chi connectivity index (χ3n) is 2.98. The molecule has 2 aromatic rings. The van der Waals surface area contributed by atoms with E-state index in [1.54, 1.807) is 6.33 Å². The van der Waals surface area contributed by atoms with E-state index >= 15 is 0 Å². The Bertz CT molecular complexity index is 611. The highest BCUT2D eigenvalue weighted by Crippen LogP contribution is 2.10. The maximum absolute atomic E-state index is 13.6. The number of rotatable bonds is 6. The molecule has 0 aliphatic carbocycles. The van der Waals surface area contributed by atoms with Crippen molar-refractivity contribution in [2.24, 2.45) is 12.8 Å². The van der Waals surface area contributed by atoms with E-state index in [4.69, 9.17) is 5.73 Å². The predicted octanol–water partition coefficient (Wildman–Crippen LogP) is 0.385. The molecule has 0 fully saturated rings. The molecule has 0 aliphatic heterocycles. The van der Waals surface area contributed by atoms with Crippen molar-refractivity contribution >= 4 is 5.91 Å². The van der Waals surface area contributed by atoms with Crippen LogP contribution in [0.2, 0.25) is 0 Å². The molecule has 2 rings (SSSR count). The molecule has 0 saturated heterocycles. The number of carbonyl (C=O) groups is 1. The molecule has 106 valence electrons. The van der Waals surface area contributed by atoms with Crippen molar-refractivity contribution in [3.63, 3.8) is 0 Å². The monoisotopic (exact) mass is 277 g/mol. The average molecular weight is 277 g/mol. The number of nitrogens with zero attached hydrogens (tertiary/aromatic N) is 3. The van der Waals surface area contributed by atoms with Gasteiger partial charge in [-0.3, -0.25) is 4.79 Å². The molecule has 1 amide bonds. The zero-order valence-electron chi connectivity index (χ0n) is 11.1. The summed E-state index contributed by atoms with van der Waals surface area (Å²) >= 11 is 0. The molecule has 0 atom stereocenters. The van der Waals surface area contributed by atoms with Crippen molar-refractivity contribution in [3.8, 4) is 0 Å². The van der Waals surface area contributed by atoms with Crippen LogP contribution in [0.15, 0.2) is 24.5 Å². The summed E-state index contributed by atoms with van der Waals surface area (Å²) < 4.78 is 15.4. The Morgan fingerprint density at radius 2 is 2.30 bits per heavy atom. The van der Waals surface area contributed by atoms with Crippen LogP contribution < -0.4 is 11.1 Å². The molecule has 0 spiro atoms. The van der Waals surface area contributed by atoms with Gasteiger partial charge in [0.15, 0.2) is 0 Å². The van der Waals surface area contributed by atoms with E-state index < -0.39 is 5.91 Å². The van der Waals surface area contributed by atoms with Crippen molar-refractivity contribution in [2.45, 2.75) is 13.0 Å². The van der Waals surface area contributed by atoms with E-state index in [-0.39, 0.29) is 5.82 Å². The Balaban J connectivity index is 1.89. The van der Waals surface area contributed by atoms with Gasteiger partial charge in [-0.15, -0.1) is 10.2 Å². The number of carbonyl (C=O) groups excluding carboxylic acids is 1. The van der Waals surface area contributed by atoms with Crippen LogP contribution in [0.3, 0.4) is 0 Å². The van der Waals surface area contributed by atoms with Crippen LogP contribution in [-0.2, 0) is 20.0 Å². The third-order valence-corrected chi connectivity index (χ3v) is 2.98. The van der Waals surface area contributed by atoms with E-state index in [9.17, 15) is 9.18 Å². The predicted molar refractivity (Wildman–Crippen MR) is 71.3 cm³/mol. The minimum absolute atomic E-state index is 0.302. The van der Waals surface area contributed by atoms with Crippen LogP contribution in [0, 0.1) is 5.82 Å². The van der Waals surface area contributed by atoms with E-state index in [0.717, 1.165) is 5.82 Å². The van der Waals surface area contributed by atoms with Crippen LogP contribution in [0.1, 0.15) is 21.7 Å². The number of hydrogen-bond acceptors (Lipinski definition) is 4. The molecule has 1 aromatic heterocycles. The van der Waals surface area contributed by atoms with Gasteiger partial charge in [0.2, 0.25) is 5.91 Å². The second-order valence-corrected chi connectivity index (χ2v) is 4.46. The molecular weight excluding hydrogens is 261 g/mol. The lowest BCUT2D eigenvalue weighted by Crippen LogP contribution is -2.19. The van der Waals surface area contributed by atoms with E-state index in [1.807, 2.05) is 11.6 Å². The van der Waals surface area contributed by atoms with Gasteiger partial charge < -0.3 is 15.6 Å². The quantitative estimate of drug-likeness (QED) is 0.748. The molecule has 1 aromatic carbocycles. The Morgan fingerprint density at radius 3 is 2.95 bits per heavy atom. The fourth-order valence-electron chi connectivity index (χ4n) is 1.82. The molecule has 0 radical (unpaired) electrons. The molecule has 0 unspecified atom stereocenters. The number of aryl methyl sites for hydroxylation is 1. The third kappa shape index (κ3) is 3.39. The second kappa shape index (κ2) is 6.25. The van der Waals surface area contributed by atoms with Crippen molar-refractivity contribution in [3.05, 3.63) is 47.3 Å². The first-order valence-electron chi connectivity index (χ1n) is 6.19. The first-order chi connectivity index (χ1) is 9.58. The van der Waals surface area contributed by atoms with Gasteiger partial charge in [-0.05, 0) is 18.2 Å². The minimum atomic E-state index is -0.565. The fourth-order valence-corrected chi connectivity index (χ4v) is 1.82. The topological polar surface area (TPSA) is 85.8 Å². The lowest BCUT2D eigenvalue weighted by molar-refractivity contribution is 0.1000. The maximum Gasteiger partial charge on any atom is 0.248 e. The molecule has 1 heterocycles. The van der Waals surface area contributed by atoms with Crippen molar-refractivity contribution < 1.29 is 9.18 Å². The second-order valence-electron chi connectivity index (χ2n) is 4.46. The summed E-state index contributed by atoms with van der Waals surface area (Å²) in [5, 5.41) is 10.8. The number of nitrogens with one attached hydrogen (secondary N) is 1. The summed E-state index contributed by atoms with van der Waals surface area (Å²) in [7, 11) is 1.87. The summed E-state index contributed by atoms with van der Waals surface area (Å²) in [6.07, 6.45) is 2.32. The number of benzene rings is 1. The van der Waals surface area contributed by atoms with Gasteiger partial charge in [-0.25, -0.2) is 4.39 Å². The Morgan fingerprint density at radius 1 is 1.50 bits per heavy atom. The van der Waals surface area contributed by atoms with E-state index in [1.165, 1.54) is 18.2 Å². The van der Waals surface area contributed by atoms with Gasteiger partial charge in [0.05, 0.1) is 0 Å². The normalized spacial score (nSPS) is 10.7. The highest BCUT2D eigenvalue weighted by atomic mass is 19.1. The Labute approximate surface area is 115 Å². The van der Waals surface area contributed by atoms with Crippen LogP contribution >= 0.6 is 0 Å². The Hall–Kier alpha value is -2.28. The van der Waals surface area contributed by atoms with Crippen LogP contribution in [0.5, 0.6) is 0 Å². The zero-order valence-corrected chi connectivity index (χ0v) is 11.1. The lowest BCUT2D eigenvalue weighted by atomic mass is 10.1. The Kier molecular flexibility index (Phi) is 4.41. The highest BCUT2D eigenvalue weighted by Gasteiger charge is 2.07. The lowest BCUT2D eigenvalue weighted by Gasteiger charge is -2.07. The van der Waals surface area contributed by atoms with Gasteiger partial charge in [-0.1, -0.05) is 0 Å². The molecular formula is C13H16FN5O. The standard InChI is InChI=1S/C13H16FN5O/c1-19-8-17-18-12(19)4-5-16-7-10-6-9(13(15)20)2-3-11(10)14/h2-3,6,8,16H,4-5,7H2,1H3,(H2,15,20). The van der Waals surface area contributed by atoms with E-state index in [2.05, 4.69) is 15.5 Å². The van der Waals surface area contributed by atoms with Crippen molar-refractivity contribution in [1.82, 2.24) is 20.1 Å². The molecule has 20 heavy (non-hydrogen) atoms. The van der Waals surface area contributed by atoms with E-state index in [0.29, 0.717) is 30.6 Å². The summed E-state index contributed by atoms with van der Waals surface area (Å²) in [6, 6.07) is 4.09. The molecule has 3 N–H and O–H groups in total. The number of amides is 1. The number of nitrogens with two attached hydrogens (primary N) is 1. The fraction of sp³-hybridized carbons (Fsp3) is 0.308. The molecule has 0 aliphatic rings. The van der Waals surface area contributed by atoms with Crippen LogP contribution in [0.25, 0.3) is 0 Å². The molecule has 0 bridgehead atoms. The van der Waals surface area contributed by atoms with Crippen LogP contribution in [0.4, 0.5) is 4.39 Å². The number of halogens is 1. The van der Waals surface area contributed by atoms with Gasteiger partial charge in [-0.2, -0.15) is 0 Å². The SMILES string of the molecule is Cn1cnnc1CCNCc1cc(C(N)=O)ccc1F. The van der Waals surface area contributed by atoms with Gasteiger partial charge >= 0.3 is 0 Å². The number of hydrogen-bond donors (Lipinski definition) is 2. The van der Waals surface area contributed by atoms with Crippen molar-refractivity contribution in [1.29, 1.82) is 0 Å². The van der Waals surface area contributed by atoms with Crippen molar-refractivity contribution in [2.75, 3.05) is 6.54 Å². The van der Waals surface area contributed by atoms with Gasteiger partial charge in [0, 0.05) is 37.7 Å². The summed E-state index contributed by atoms with van der Waals surface area (Å²) in [6.45, 7) is 0.956. The van der Waals surface area contributed by atoms with Gasteiger partial charge in [0.1, 0.15) is 18.0 Å². The number of primary amides is 1. The highest BCUT2D eigenvalue weighted by molar-refractivity contribution is 5.92. The maximum atomic E-state index is 13.6. The zero-order chi connectivity index (χ0) is 14.5. The molecule has 0 saturated carbocycles. The number of aromatic nitrogens is 3. The minimum Gasteiger partial charge on any atom is -0.366 e. The van der Waals surface area contributed by atoms with Gasteiger partial charge in [0.25, 0.3) is 0 Å². The smallest absolute Gasteiger partial charge is 0.248 e. The average Bonchev–Trinajstić information content (AvgIpc) is 2.82. The largest absolute Gasteiger partial charge is 0.366 e.